The van der Waals surface area contributed by atoms with Crippen LogP contribution in [0.1, 0.15) is 48.0 Å². The van der Waals surface area contributed by atoms with Gasteiger partial charge < -0.3 is 10.4 Å². The van der Waals surface area contributed by atoms with E-state index in [0.29, 0.717) is 5.56 Å². The van der Waals surface area contributed by atoms with E-state index in [1.165, 1.54) is 0 Å². The lowest BCUT2D eigenvalue weighted by atomic mass is 9.84. The predicted octanol–water partition coefficient (Wildman–Crippen LogP) is 2.76. The molecule has 1 aromatic rings. The van der Waals surface area contributed by atoms with Crippen molar-refractivity contribution in [2.75, 3.05) is 0 Å². The first-order chi connectivity index (χ1) is 9.58. The van der Waals surface area contributed by atoms with Crippen LogP contribution in [-0.4, -0.2) is 23.0 Å². The minimum absolute atomic E-state index is 0.0515. The average molecular weight is 275 g/mol. The highest BCUT2D eigenvalue weighted by Gasteiger charge is 2.30. The maximum atomic E-state index is 12.1. The molecule has 1 fully saturated rings. The molecule has 0 saturated heterocycles. The summed E-state index contributed by atoms with van der Waals surface area (Å²) in [4.78, 5) is 23.5. The Labute approximate surface area is 119 Å². The van der Waals surface area contributed by atoms with E-state index in [-0.39, 0.29) is 11.8 Å². The van der Waals surface area contributed by atoms with Crippen LogP contribution in [0.4, 0.5) is 0 Å². The predicted molar refractivity (Wildman–Crippen MR) is 76.6 cm³/mol. The molecule has 2 rings (SSSR count). The molecule has 0 aromatic heterocycles. The standard InChI is InChI=1S/C16H21NO3/c1-11-7-9-13(10-8-11)15(18)17-14(16(19)20)12-5-3-2-4-6-12/h7-10,12,14H,2-6H2,1H3,(H,17,18)(H,19,20). The normalized spacial score (nSPS) is 17.4. The molecule has 4 nitrogen and oxygen atoms in total. The Hall–Kier alpha value is -1.84. The quantitative estimate of drug-likeness (QED) is 0.888. The highest BCUT2D eigenvalue weighted by molar-refractivity contribution is 5.96. The third-order valence-corrected chi connectivity index (χ3v) is 3.99. The van der Waals surface area contributed by atoms with Gasteiger partial charge in [-0.3, -0.25) is 4.79 Å². The summed E-state index contributed by atoms with van der Waals surface area (Å²) in [7, 11) is 0. The van der Waals surface area contributed by atoms with Crippen LogP contribution < -0.4 is 5.32 Å². The Morgan fingerprint density at radius 3 is 2.30 bits per heavy atom. The molecule has 1 aliphatic rings. The Morgan fingerprint density at radius 1 is 1.15 bits per heavy atom. The first kappa shape index (κ1) is 14.6. The minimum atomic E-state index is -0.933. The summed E-state index contributed by atoms with van der Waals surface area (Å²) in [6.45, 7) is 1.95. The van der Waals surface area contributed by atoms with Crippen molar-refractivity contribution < 1.29 is 14.7 Å². The van der Waals surface area contributed by atoms with E-state index in [0.717, 1.165) is 37.7 Å². The lowest BCUT2D eigenvalue weighted by molar-refractivity contribution is -0.141. The zero-order valence-electron chi connectivity index (χ0n) is 11.8. The minimum Gasteiger partial charge on any atom is -0.480 e. The van der Waals surface area contributed by atoms with E-state index < -0.39 is 12.0 Å². The van der Waals surface area contributed by atoms with Gasteiger partial charge in [-0.2, -0.15) is 0 Å². The number of carboxylic acid groups (broad SMARTS) is 1. The zero-order valence-corrected chi connectivity index (χ0v) is 11.8. The van der Waals surface area contributed by atoms with Gasteiger partial charge in [0.1, 0.15) is 6.04 Å². The highest BCUT2D eigenvalue weighted by atomic mass is 16.4. The molecule has 1 amide bonds. The van der Waals surface area contributed by atoms with E-state index in [4.69, 9.17) is 0 Å². The number of hydrogen-bond acceptors (Lipinski definition) is 2. The van der Waals surface area contributed by atoms with Crippen molar-refractivity contribution in [2.24, 2.45) is 5.92 Å². The van der Waals surface area contributed by atoms with Gasteiger partial charge in [0.15, 0.2) is 0 Å². The first-order valence-electron chi connectivity index (χ1n) is 7.18. The fraction of sp³-hybridized carbons (Fsp3) is 0.500. The smallest absolute Gasteiger partial charge is 0.326 e. The molecule has 2 N–H and O–H groups in total. The molecule has 1 aromatic carbocycles. The number of hydrogen-bond donors (Lipinski definition) is 2. The second-order valence-electron chi connectivity index (χ2n) is 5.55. The van der Waals surface area contributed by atoms with Crippen molar-refractivity contribution in [3.63, 3.8) is 0 Å². The summed E-state index contributed by atoms with van der Waals surface area (Å²) >= 11 is 0. The summed E-state index contributed by atoms with van der Waals surface area (Å²) in [5.41, 5.74) is 1.58. The van der Waals surface area contributed by atoms with Crippen LogP contribution >= 0.6 is 0 Å². The molecule has 0 heterocycles. The summed E-state index contributed by atoms with van der Waals surface area (Å²) < 4.78 is 0. The van der Waals surface area contributed by atoms with Gasteiger partial charge in [0.25, 0.3) is 5.91 Å². The van der Waals surface area contributed by atoms with Gasteiger partial charge in [-0.05, 0) is 37.8 Å². The van der Waals surface area contributed by atoms with Crippen LogP contribution in [-0.2, 0) is 4.79 Å². The number of carboxylic acids is 1. The van der Waals surface area contributed by atoms with Crippen LogP contribution in [0.2, 0.25) is 0 Å². The summed E-state index contributed by atoms with van der Waals surface area (Å²) in [6.07, 6.45) is 5.02. The molecule has 1 aliphatic carbocycles. The Balaban J connectivity index is 2.05. The van der Waals surface area contributed by atoms with E-state index in [9.17, 15) is 14.7 Å². The van der Waals surface area contributed by atoms with Gasteiger partial charge in [-0.15, -0.1) is 0 Å². The van der Waals surface area contributed by atoms with Gasteiger partial charge in [-0.25, -0.2) is 4.79 Å². The molecular formula is C16H21NO3. The molecule has 108 valence electrons. The van der Waals surface area contributed by atoms with Crippen molar-refractivity contribution in [3.8, 4) is 0 Å². The second kappa shape index (κ2) is 6.55. The van der Waals surface area contributed by atoms with E-state index in [2.05, 4.69) is 5.32 Å². The van der Waals surface area contributed by atoms with Crippen molar-refractivity contribution in [3.05, 3.63) is 35.4 Å². The maximum Gasteiger partial charge on any atom is 0.326 e. The molecule has 0 spiro atoms. The van der Waals surface area contributed by atoms with Crippen molar-refractivity contribution >= 4 is 11.9 Å². The van der Waals surface area contributed by atoms with E-state index in [1.54, 1.807) is 12.1 Å². The number of amides is 1. The van der Waals surface area contributed by atoms with Crippen molar-refractivity contribution in [2.45, 2.75) is 45.1 Å². The van der Waals surface area contributed by atoms with Crippen LogP contribution in [0.25, 0.3) is 0 Å². The van der Waals surface area contributed by atoms with Gasteiger partial charge in [0.05, 0.1) is 0 Å². The van der Waals surface area contributed by atoms with Crippen molar-refractivity contribution in [1.82, 2.24) is 5.32 Å². The lowest BCUT2D eigenvalue weighted by Gasteiger charge is -2.28. The van der Waals surface area contributed by atoms with Gasteiger partial charge in [-0.1, -0.05) is 37.0 Å². The molecular weight excluding hydrogens is 254 g/mol. The number of nitrogens with one attached hydrogen (secondary N) is 1. The average Bonchev–Trinajstić information content (AvgIpc) is 2.46. The summed E-state index contributed by atoms with van der Waals surface area (Å²) in [5.74, 6) is -1.18. The zero-order chi connectivity index (χ0) is 14.5. The topological polar surface area (TPSA) is 66.4 Å². The third-order valence-electron chi connectivity index (χ3n) is 3.99. The first-order valence-corrected chi connectivity index (χ1v) is 7.18. The Kier molecular flexibility index (Phi) is 4.77. The van der Waals surface area contributed by atoms with E-state index >= 15 is 0 Å². The molecule has 4 heteroatoms. The fourth-order valence-corrected chi connectivity index (χ4v) is 2.78. The van der Waals surface area contributed by atoms with Crippen LogP contribution in [0, 0.1) is 12.8 Å². The highest BCUT2D eigenvalue weighted by Crippen LogP contribution is 2.26. The second-order valence-corrected chi connectivity index (χ2v) is 5.55. The molecule has 1 saturated carbocycles. The fourth-order valence-electron chi connectivity index (χ4n) is 2.78. The molecule has 1 atom stereocenters. The number of rotatable bonds is 4. The maximum absolute atomic E-state index is 12.1. The number of aryl methyl sites for hydroxylation is 1. The molecule has 0 radical (unpaired) electrons. The van der Waals surface area contributed by atoms with Gasteiger partial charge in [0, 0.05) is 5.56 Å². The third kappa shape index (κ3) is 3.59. The number of aliphatic carboxylic acids is 1. The largest absolute Gasteiger partial charge is 0.480 e. The SMILES string of the molecule is Cc1ccc(C(=O)NC(C(=O)O)C2CCCCC2)cc1. The van der Waals surface area contributed by atoms with Gasteiger partial charge in [0.2, 0.25) is 0 Å². The van der Waals surface area contributed by atoms with Gasteiger partial charge >= 0.3 is 5.97 Å². The molecule has 1 unspecified atom stereocenters. The van der Waals surface area contributed by atoms with Crippen LogP contribution in [0.15, 0.2) is 24.3 Å². The van der Waals surface area contributed by atoms with E-state index in [1.807, 2.05) is 19.1 Å². The molecule has 0 aliphatic heterocycles. The monoisotopic (exact) mass is 275 g/mol. The summed E-state index contributed by atoms with van der Waals surface area (Å²) in [6, 6.07) is 6.38. The number of carbonyl (C=O) groups is 2. The molecule has 20 heavy (non-hydrogen) atoms. The number of carbonyl (C=O) groups excluding carboxylic acids is 1. The van der Waals surface area contributed by atoms with Crippen molar-refractivity contribution in [1.29, 1.82) is 0 Å². The molecule has 0 bridgehead atoms. The Bertz CT molecular complexity index is 475. The summed E-state index contributed by atoms with van der Waals surface area (Å²) in [5, 5.41) is 12.0. The Morgan fingerprint density at radius 2 is 1.75 bits per heavy atom. The lowest BCUT2D eigenvalue weighted by Crippen LogP contribution is -2.46. The van der Waals surface area contributed by atoms with Crippen LogP contribution in [0.3, 0.4) is 0 Å². The van der Waals surface area contributed by atoms with Crippen LogP contribution in [0.5, 0.6) is 0 Å². The number of benzene rings is 1.